The molecule has 1 unspecified atom stereocenters. The average Bonchev–Trinajstić information content (AvgIpc) is 2.64. The van der Waals surface area contributed by atoms with Crippen molar-refractivity contribution < 1.29 is 19.4 Å². The molecule has 1 aromatic heterocycles. The maximum Gasteiger partial charge on any atom is 0.334 e. The monoisotopic (exact) mass is 269 g/mol. The number of carboxylic acid groups (broad SMARTS) is 1. The first-order chi connectivity index (χ1) is 9.02. The maximum atomic E-state index is 11.0. The highest BCUT2D eigenvalue weighted by Gasteiger charge is 2.27. The van der Waals surface area contributed by atoms with Crippen molar-refractivity contribution in [2.75, 3.05) is 26.8 Å². The molecule has 1 saturated heterocycles. The average molecular weight is 269 g/mol. The SMILES string of the molecule is COc1c(CN2CCOC(C(=O)O)C2)c(C)nn1C. The van der Waals surface area contributed by atoms with Crippen LogP contribution in [0.15, 0.2) is 0 Å². The molecule has 1 aromatic rings. The lowest BCUT2D eigenvalue weighted by atomic mass is 10.2. The van der Waals surface area contributed by atoms with Crippen LogP contribution in [-0.2, 0) is 23.1 Å². The first-order valence-corrected chi connectivity index (χ1v) is 6.16. The van der Waals surface area contributed by atoms with Crippen molar-refractivity contribution in [2.45, 2.75) is 19.6 Å². The van der Waals surface area contributed by atoms with Crippen molar-refractivity contribution >= 4 is 5.97 Å². The van der Waals surface area contributed by atoms with Gasteiger partial charge in [-0.25, -0.2) is 9.48 Å². The zero-order valence-electron chi connectivity index (χ0n) is 11.4. The van der Waals surface area contributed by atoms with Crippen molar-refractivity contribution in [3.05, 3.63) is 11.3 Å². The quantitative estimate of drug-likeness (QED) is 0.830. The van der Waals surface area contributed by atoms with E-state index in [4.69, 9.17) is 14.6 Å². The second kappa shape index (κ2) is 5.58. The first-order valence-electron chi connectivity index (χ1n) is 6.16. The Morgan fingerprint density at radius 3 is 3.00 bits per heavy atom. The summed E-state index contributed by atoms with van der Waals surface area (Å²) in [6.07, 6.45) is -0.753. The molecule has 2 heterocycles. The van der Waals surface area contributed by atoms with Gasteiger partial charge < -0.3 is 14.6 Å². The molecule has 0 amide bonds. The van der Waals surface area contributed by atoms with Gasteiger partial charge in [0, 0.05) is 26.7 Å². The van der Waals surface area contributed by atoms with Gasteiger partial charge in [-0.2, -0.15) is 5.10 Å². The third-order valence-electron chi connectivity index (χ3n) is 3.29. The van der Waals surface area contributed by atoms with Crippen LogP contribution in [0.5, 0.6) is 5.88 Å². The Morgan fingerprint density at radius 2 is 2.37 bits per heavy atom. The summed E-state index contributed by atoms with van der Waals surface area (Å²) in [4.78, 5) is 13.0. The van der Waals surface area contributed by atoms with Crippen LogP contribution >= 0.6 is 0 Å². The number of hydrogen-bond acceptors (Lipinski definition) is 5. The molecule has 1 aliphatic rings. The predicted molar refractivity (Wildman–Crippen MR) is 67.1 cm³/mol. The van der Waals surface area contributed by atoms with Crippen molar-refractivity contribution in [2.24, 2.45) is 7.05 Å². The van der Waals surface area contributed by atoms with E-state index in [-0.39, 0.29) is 0 Å². The number of carboxylic acids is 1. The molecule has 0 radical (unpaired) electrons. The highest BCUT2D eigenvalue weighted by atomic mass is 16.5. The van der Waals surface area contributed by atoms with Crippen molar-refractivity contribution in [3.63, 3.8) is 0 Å². The topological polar surface area (TPSA) is 76.8 Å². The van der Waals surface area contributed by atoms with E-state index >= 15 is 0 Å². The second-order valence-electron chi connectivity index (χ2n) is 4.63. The van der Waals surface area contributed by atoms with E-state index in [1.165, 1.54) is 0 Å². The summed E-state index contributed by atoms with van der Waals surface area (Å²) in [6, 6.07) is 0. The predicted octanol–water partition coefficient (Wildman–Crippen LogP) is 0.0225. The largest absolute Gasteiger partial charge is 0.481 e. The van der Waals surface area contributed by atoms with Gasteiger partial charge in [0.15, 0.2) is 6.10 Å². The van der Waals surface area contributed by atoms with Gasteiger partial charge in [-0.05, 0) is 6.92 Å². The zero-order chi connectivity index (χ0) is 14.0. The Balaban J connectivity index is 2.10. The summed E-state index contributed by atoms with van der Waals surface area (Å²) in [5.41, 5.74) is 1.90. The number of aliphatic carboxylic acids is 1. The van der Waals surface area contributed by atoms with Crippen molar-refractivity contribution in [1.29, 1.82) is 0 Å². The van der Waals surface area contributed by atoms with Crippen LogP contribution in [0.2, 0.25) is 0 Å². The molecule has 0 bridgehead atoms. The van der Waals surface area contributed by atoms with Crippen LogP contribution < -0.4 is 4.74 Å². The number of rotatable bonds is 4. The Kier molecular flexibility index (Phi) is 4.06. The lowest BCUT2D eigenvalue weighted by Crippen LogP contribution is -2.45. The Hall–Kier alpha value is -1.60. The van der Waals surface area contributed by atoms with Gasteiger partial charge in [0.2, 0.25) is 5.88 Å². The normalized spacial score (nSPS) is 20.5. The maximum absolute atomic E-state index is 11.0. The van der Waals surface area contributed by atoms with Crippen LogP contribution in [0.4, 0.5) is 0 Å². The van der Waals surface area contributed by atoms with E-state index in [0.717, 1.165) is 17.1 Å². The molecule has 106 valence electrons. The molecule has 1 N–H and O–H groups in total. The smallest absolute Gasteiger partial charge is 0.334 e. The molecule has 1 fully saturated rings. The molecular weight excluding hydrogens is 250 g/mol. The molecular formula is C12H19N3O4. The number of aromatic nitrogens is 2. The summed E-state index contributed by atoms with van der Waals surface area (Å²) >= 11 is 0. The van der Waals surface area contributed by atoms with Crippen LogP contribution in [0, 0.1) is 6.92 Å². The fraction of sp³-hybridized carbons (Fsp3) is 0.667. The van der Waals surface area contributed by atoms with Crippen molar-refractivity contribution in [1.82, 2.24) is 14.7 Å². The number of nitrogens with zero attached hydrogens (tertiary/aromatic N) is 3. The van der Waals surface area contributed by atoms with E-state index < -0.39 is 12.1 Å². The molecule has 2 rings (SSSR count). The highest BCUT2D eigenvalue weighted by molar-refractivity contribution is 5.72. The molecule has 7 heteroatoms. The third kappa shape index (κ3) is 2.87. The zero-order valence-corrected chi connectivity index (χ0v) is 11.4. The fourth-order valence-corrected chi connectivity index (χ4v) is 2.34. The van der Waals surface area contributed by atoms with E-state index in [2.05, 4.69) is 10.00 Å². The van der Waals surface area contributed by atoms with E-state index in [9.17, 15) is 4.79 Å². The summed E-state index contributed by atoms with van der Waals surface area (Å²) in [5, 5.41) is 13.3. The Morgan fingerprint density at radius 1 is 1.63 bits per heavy atom. The summed E-state index contributed by atoms with van der Waals surface area (Å²) in [7, 11) is 3.44. The summed E-state index contributed by atoms with van der Waals surface area (Å²) < 4.78 is 12.2. The van der Waals surface area contributed by atoms with Crippen LogP contribution in [0.3, 0.4) is 0 Å². The number of ether oxygens (including phenoxy) is 2. The van der Waals surface area contributed by atoms with E-state index in [0.29, 0.717) is 26.2 Å². The van der Waals surface area contributed by atoms with Crippen LogP contribution in [0.1, 0.15) is 11.3 Å². The lowest BCUT2D eigenvalue weighted by Gasteiger charge is -2.30. The molecule has 7 nitrogen and oxygen atoms in total. The molecule has 0 spiro atoms. The Labute approximate surface area is 111 Å². The van der Waals surface area contributed by atoms with Gasteiger partial charge in [-0.1, -0.05) is 0 Å². The van der Waals surface area contributed by atoms with E-state index in [1.54, 1.807) is 11.8 Å². The van der Waals surface area contributed by atoms with Crippen LogP contribution in [-0.4, -0.2) is 58.7 Å². The molecule has 19 heavy (non-hydrogen) atoms. The first kappa shape index (κ1) is 13.8. The minimum absolute atomic E-state index is 0.382. The number of morpholine rings is 1. The summed E-state index contributed by atoms with van der Waals surface area (Å²) in [5.74, 6) is -0.199. The minimum atomic E-state index is -0.917. The van der Waals surface area contributed by atoms with Gasteiger partial charge in [0.25, 0.3) is 0 Å². The molecule has 0 saturated carbocycles. The van der Waals surface area contributed by atoms with Gasteiger partial charge in [0.1, 0.15) is 0 Å². The lowest BCUT2D eigenvalue weighted by molar-refractivity contribution is -0.156. The van der Waals surface area contributed by atoms with E-state index in [1.807, 2.05) is 14.0 Å². The standard InChI is InChI=1S/C12H19N3O4/c1-8-9(11(18-3)14(2)13-8)6-15-4-5-19-10(7-15)12(16)17/h10H,4-7H2,1-3H3,(H,16,17). The number of carbonyl (C=O) groups is 1. The van der Waals surface area contributed by atoms with Crippen LogP contribution in [0.25, 0.3) is 0 Å². The molecule has 0 aromatic carbocycles. The second-order valence-corrected chi connectivity index (χ2v) is 4.63. The van der Waals surface area contributed by atoms with Gasteiger partial charge in [0.05, 0.1) is 25.0 Å². The third-order valence-corrected chi connectivity index (χ3v) is 3.29. The molecule has 1 atom stereocenters. The Bertz CT molecular complexity index is 472. The van der Waals surface area contributed by atoms with Gasteiger partial charge >= 0.3 is 5.97 Å². The molecule has 0 aliphatic carbocycles. The van der Waals surface area contributed by atoms with Gasteiger partial charge in [-0.15, -0.1) is 0 Å². The van der Waals surface area contributed by atoms with Crippen molar-refractivity contribution in [3.8, 4) is 5.88 Å². The number of hydrogen-bond donors (Lipinski definition) is 1. The fourth-order valence-electron chi connectivity index (χ4n) is 2.34. The highest BCUT2D eigenvalue weighted by Crippen LogP contribution is 2.23. The number of aryl methyl sites for hydroxylation is 2. The summed E-state index contributed by atoms with van der Waals surface area (Å²) in [6.45, 7) is 4.07. The number of methoxy groups -OCH3 is 1. The molecule has 1 aliphatic heterocycles. The van der Waals surface area contributed by atoms with Gasteiger partial charge in [-0.3, -0.25) is 4.90 Å². The minimum Gasteiger partial charge on any atom is -0.481 e.